The van der Waals surface area contributed by atoms with Crippen LogP contribution in [0.25, 0.3) is 0 Å². The first-order valence-electron chi connectivity index (χ1n) is 11.5. The smallest absolute Gasteiger partial charge is 0.338 e. The number of aliphatic imine (C=N–C) groups is 1. The zero-order chi connectivity index (χ0) is 24.6. The zero-order valence-corrected chi connectivity index (χ0v) is 19.9. The van der Waals surface area contributed by atoms with Gasteiger partial charge in [0, 0.05) is 25.2 Å². The third kappa shape index (κ3) is 7.05. The molecule has 1 atom stereocenters. The van der Waals surface area contributed by atoms with E-state index in [0.717, 1.165) is 25.9 Å². The van der Waals surface area contributed by atoms with Gasteiger partial charge < -0.3 is 19.7 Å². The number of ether oxygens (including phenoxy) is 2. The highest BCUT2D eigenvalue weighted by Gasteiger charge is 2.33. The Balaban J connectivity index is 1.22. The number of piperidine rings is 1. The molecule has 2 aliphatic heterocycles. The lowest BCUT2D eigenvalue weighted by molar-refractivity contribution is -0.121. The minimum atomic E-state index is -0.565. The molecule has 0 radical (unpaired) electrons. The first kappa shape index (κ1) is 24.7. The topological polar surface area (TPSA) is 97.3 Å². The molecule has 0 spiro atoms. The minimum absolute atomic E-state index is 0.000259. The van der Waals surface area contributed by atoms with Crippen LogP contribution < -0.4 is 10.1 Å². The van der Waals surface area contributed by atoms with Gasteiger partial charge in [-0.15, -0.1) is 0 Å². The first-order chi connectivity index (χ1) is 17.0. The third-order valence-corrected chi connectivity index (χ3v) is 6.72. The summed E-state index contributed by atoms with van der Waals surface area (Å²) in [4.78, 5) is 43.4. The molecule has 2 aromatic rings. The lowest BCUT2D eigenvalue weighted by Gasteiger charge is -2.27. The molecule has 1 saturated heterocycles. The van der Waals surface area contributed by atoms with E-state index in [1.807, 2.05) is 0 Å². The van der Waals surface area contributed by atoms with Gasteiger partial charge in [0.05, 0.1) is 5.56 Å². The van der Waals surface area contributed by atoms with Gasteiger partial charge in [0.15, 0.2) is 5.17 Å². The molecule has 2 aromatic carbocycles. The van der Waals surface area contributed by atoms with E-state index in [0.29, 0.717) is 16.6 Å². The summed E-state index contributed by atoms with van der Waals surface area (Å²) >= 11 is 1.34. The van der Waals surface area contributed by atoms with Crippen molar-refractivity contribution in [2.75, 3.05) is 31.6 Å². The average molecular weight is 500 g/mol. The number of thioether (sulfide) groups is 1. The molecule has 0 aliphatic carbocycles. The fourth-order valence-electron chi connectivity index (χ4n) is 3.74. The normalized spacial score (nSPS) is 17.6. The van der Waals surface area contributed by atoms with Gasteiger partial charge >= 0.3 is 5.97 Å². The van der Waals surface area contributed by atoms with Gasteiger partial charge in [0.2, 0.25) is 5.91 Å². The second kappa shape index (κ2) is 11.8. The number of amidine groups is 1. The number of benzene rings is 2. The van der Waals surface area contributed by atoms with Crippen molar-refractivity contribution in [1.82, 2.24) is 4.90 Å². The first-order valence-corrected chi connectivity index (χ1v) is 12.4. The van der Waals surface area contributed by atoms with Gasteiger partial charge in [-0.25, -0.2) is 9.18 Å². The van der Waals surface area contributed by atoms with Crippen molar-refractivity contribution < 1.29 is 28.2 Å². The summed E-state index contributed by atoms with van der Waals surface area (Å²) in [5.41, 5.74) is 0.700. The van der Waals surface area contributed by atoms with Gasteiger partial charge in [-0.3, -0.25) is 9.59 Å². The molecule has 2 heterocycles. The average Bonchev–Trinajstić information content (AvgIpc) is 3.23. The molecule has 4 rings (SSSR count). The highest BCUT2D eigenvalue weighted by Crippen LogP contribution is 2.29. The Hall–Kier alpha value is -3.40. The maximum Gasteiger partial charge on any atom is 0.338 e. The van der Waals surface area contributed by atoms with Crippen LogP contribution in [0.5, 0.6) is 5.75 Å². The van der Waals surface area contributed by atoms with Gasteiger partial charge in [0.1, 0.15) is 30.0 Å². The minimum Gasteiger partial charge on any atom is -0.490 e. The van der Waals surface area contributed by atoms with Crippen LogP contribution in [0.2, 0.25) is 0 Å². The quantitative estimate of drug-likeness (QED) is 0.435. The standard InChI is InChI=1S/C25H26FN3O5S/c26-18-7-9-20(10-8-18)33-13-14-34-24(32)17-5-4-6-19(15-17)27-22(30)16-21-23(31)28-25(35-21)29-11-2-1-3-12-29/h4-10,15,21H,1-3,11-14,16H2,(H,27,30). The summed E-state index contributed by atoms with van der Waals surface area (Å²) in [6, 6.07) is 11.9. The van der Waals surface area contributed by atoms with E-state index in [2.05, 4.69) is 15.2 Å². The fraction of sp³-hybridized carbons (Fsp3) is 0.360. The molecule has 1 N–H and O–H groups in total. The van der Waals surface area contributed by atoms with Crippen molar-refractivity contribution in [3.63, 3.8) is 0 Å². The summed E-state index contributed by atoms with van der Waals surface area (Å²) in [6.07, 6.45) is 3.35. The monoisotopic (exact) mass is 499 g/mol. The SMILES string of the molecule is O=C(CC1SC(N2CCCCC2)=NC1=O)Nc1cccc(C(=O)OCCOc2ccc(F)cc2)c1. The van der Waals surface area contributed by atoms with Crippen molar-refractivity contribution in [1.29, 1.82) is 0 Å². The molecule has 10 heteroatoms. The summed E-state index contributed by atoms with van der Waals surface area (Å²) < 4.78 is 23.5. The number of nitrogens with zero attached hydrogens (tertiary/aromatic N) is 2. The van der Waals surface area contributed by atoms with Crippen molar-refractivity contribution in [3.05, 3.63) is 59.9 Å². The third-order valence-electron chi connectivity index (χ3n) is 5.51. The number of anilines is 1. The molecule has 1 unspecified atom stereocenters. The Kier molecular flexibility index (Phi) is 8.36. The number of likely N-dealkylation sites (tertiary alicyclic amines) is 1. The maximum absolute atomic E-state index is 12.9. The second-order valence-corrected chi connectivity index (χ2v) is 9.33. The molecular weight excluding hydrogens is 473 g/mol. The zero-order valence-electron chi connectivity index (χ0n) is 19.1. The number of hydrogen-bond acceptors (Lipinski definition) is 7. The maximum atomic E-state index is 12.9. The number of amides is 2. The van der Waals surface area contributed by atoms with Gasteiger partial charge in [-0.1, -0.05) is 17.8 Å². The molecular formula is C25H26FN3O5S. The number of esters is 1. The summed E-state index contributed by atoms with van der Waals surface area (Å²) in [7, 11) is 0. The van der Waals surface area contributed by atoms with Gasteiger partial charge in [-0.2, -0.15) is 4.99 Å². The van der Waals surface area contributed by atoms with Crippen molar-refractivity contribution in [2.24, 2.45) is 4.99 Å². The van der Waals surface area contributed by atoms with Crippen molar-refractivity contribution >= 4 is 40.4 Å². The molecule has 0 bridgehead atoms. The molecule has 2 aliphatic rings. The molecule has 2 amide bonds. The summed E-state index contributed by atoms with van der Waals surface area (Å²) in [5.74, 6) is -1.07. The molecule has 184 valence electrons. The fourth-order valence-corrected chi connectivity index (χ4v) is 4.86. The number of hydrogen-bond donors (Lipinski definition) is 1. The van der Waals surface area contributed by atoms with Crippen LogP contribution in [0.15, 0.2) is 53.5 Å². The summed E-state index contributed by atoms with van der Waals surface area (Å²) in [6.45, 7) is 1.90. The Morgan fingerprint density at radius 1 is 1.09 bits per heavy atom. The predicted octanol–water partition coefficient (Wildman–Crippen LogP) is 3.87. The van der Waals surface area contributed by atoms with Crippen LogP contribution >= 0.6 is 11.8 Å². The van der Waals surface area contributed by atoms with E-state index >= 15 is 0 Å². The van der Waals surface area contributed by atoms with Gasteiger partial charge in [0.25, 0.3) is 5.91 Å². The highest BCUT2D eigenvalue weighted by molar-refractivity contribution is 8.15. The van der Waals surface area contributed by atoms with Crippen LogP contribution in [-0.2, 0) is 14.3 Å². The lowest BCUT2D eigenvalue weighted by atomic mass is 10.1. The van der Waals surface area contributed by atoms with Crippen molar-refractivity contribution in [2.45, 2.75) is 30.9 Å². The number of carbonyl (C=O) groups is 3. The van der Waals surface area contributed by atoms with E-state index in [-0.39, 0.29) is 42.8 Å². The molecule has 35 heavy (non-hydrogen) atoms. The van der Waals surface area contributed by atoms with E-state index in [1.165, 1.54) is 48.5 Å². The van der Waals surface area contributed by atoms with Gasteiger partial charge in [-0.05, 0) is 61.7 Å². The predicted molar refractivity (Wildman–Crippen MR) is 131 cm³/mol. The second-order valence-electron chi connectivity index (χ2n) is 8.16. The summed E-state index contributed by atoms with van der Waals surface area (Å²) in [5, 5.41) is 2.91. The van der Waals surface area contributed by atoms with E-state index < -0.39 is 11.2 Å². The largest absolute Gasteiger partial charge is 0.490 e. The van der Waals surface area contributed by atoms with Crippen LogP contribution in [-0.4, -0.2) is 59.4 Å². The molecule has 8 nitrogen and oxygen atoms in total. The van der Waals surface area contributed by atoms with Crippen LogP contribution in [0.3, 0.4) is 0 Å². The van der Waals surface area contributed by atoms with E-state index in [1.54, 1.807) is 18.2 Å². The van der Waals surface area contributed by atoms with Crippen molar-refractivity contribution in [3.8, 4) is 5.75 Å². The Labute approximate surface area is 206 Å². The van der Waals surface area contributed by atoms with E-state index in [4.69, 9.17) is 9.47 Å². The van der Waals surface area contributed by atoms with Crippen LogP contribution in [0.4, 0.5) is 10.1 Å². The van der Waals surface area contributed by atoms with E-state index in [9.17, 15) is 18.8 Å². The molecule has 0 saturated carbocycles. The highest BCUT2D eigenvalue weighted by atomic mass is 32.2. The number of rotatable bonds is 8. The molecule has 0 aromatic heterocycles. The van der Waals surface area contributed by atoms with Crippen LogP contribution in [0.1, 0.15) is 36.0 Å². The Bertz CT molecular complexity index is 1100. The number of carbonyl (C=O) groups excluding carboxylic acids is 3. The molecule has 1 fully saturated rings. The Morgan fingerprint density at radius 3 is 2.63 bits per heavy atom. The Morgan fingerprint density at radius 2 is 1.86 bits per heavy atom. The number of halogens is 1. The van der Waals surface area contributed by atoms with Crippen LogP contribution in [0, 0.1) is 5.82 Å². The lowest BCUT2D eigenvalue weighted by Crippen LogP contribution is -2.33. The number of nitrogens with one attached hydrogen (secondary N) is 1.